The first-order valence-electron chi connectivity index (χ1n) is 9.03. The number of carbonyl (C=O) groups is 3. The molecule has 1 heterocycles. The Morgan fingerprint density at radius 1 is 1.08 bits per heavy atom. The quantitative estimate of drug-likeness (QED) is 0.640. The Labute approximate surface area is 153 Å². The number of rotatable bonds is 10. The number of hydrogen-bond acceptors (Lipinski definition) is 5. The predicted octanol–water partition coefficient (Wildman–Crippen LogP) is 1.68. The number of nitrogens with zero attached hydrogens (tertiary/aromatic N) is 1. The normalized spacial score (nSPS) is 13.8. The van der Waals surface area contributed by atoms with E-state index in [0.29, 0.717) is 37.7 Å². The number of hydrogen-bond donors (Lipinski definition) is 1. The van der Waals surface area contributed by atoms with Crippen molar-refractivity contribution in [2.75, 3.05) is 26.3 Å². The third-order valence-electron chi connectivity index (χ3n) is 4.06. The van der Waals surface area contributed by atoms with Crippen molar-refractivity contribution in [1.29, 1.82) is 0 Å². The van der Waals surface area contributed by atoms with Gasteiger partial charge < -0.3 is 14.8 Å². The zero-order valence-electron chi connectivity index (χ0n) is 15.4. The molecule has 7 heteroatoms. The van der Waals surface area contributed by atoms with Crippen LogP contribution in [0.1, 0.15) is 38.7 Å². The van der Waals surface area contributed by atoms with Gasteiger partial charge in [-0.3, -0.25) is 19.3 Å². The Morgan fingerprint density at radius 3 is 2.38 bits per heavy atom. The predicted molar refractivity (Wildman–Crippen MR) is 96.1 cm³/mol. The lowest BCUT2D eigenvalue weighted by Crippen LogP contribution is -2.34. The van der Waals surface area contributed by atoms with Crippen molar-refractivity contribution in [3.8, 4) is 11.5 Å². The average Bonchev–Trinajstić information content (AvgIpc) is 2.94. The summed E-state index contributed by atoms with van der Waals surface area (Å²) in [5.41, 5.74) is 1.03. The molecule has 0 spiro atoms. The van der Waals surface area contributed by atoms with Gasteiger partial charge in [-0.25, -0.2) is 0 Å². The molecule has 3 amide bonds. The summed E-state index contributed by atoms with van der Waals surface area (Å²) in [6, 6.07) is 5.74. The number of carbonyl (C=O) groups excluding carboxylic acids is 3. The van der Waals surface area contributed by atoms with E-state index in [1.807, 2.05) is 32.0 Å². The van der Waals surface area contributed by atoms with E-state index in [0.717, 1.165) is 5.56 Å². The van der Waals surface area contributed by atoms with Gasteiger partial charge in [0.1, 0.15) is 0 Å². The summed E-state index contributed by atoms with van der Waals surface area (Å²) in [4.78, 5) is 36.1. The van der Waals surface area contributed by atoms with Crippen LogP contribution in [0.5, 0.6) is 11.5 Å². The van der Waals surface area contributed by atoms with Crippen LogP contribution in [-0.4, -0.2) is 48.9 Å². The Balaban J connectivity index is 1.77. The molecule has 0 radical (unpaired) electrons. The second kappa shape index (κ2) is 9.79. The van der Waals surface area contributed by atoms with Crippen LogP contribution < -0.4 is 14.8 Å². The fraction of sp³-hybridized carbons (Fsp3) is 0.526. The van der Waals surface area contributed by atoms with Crippen LogP contribution in [-0.2, 0) is 20.8 Å². The van der Waals surface area contributed by atoms with Crippen LogP contribution in [0.2, 0.25) is 0 Å². The lowest BCUT2D eigenvalue weighted by molar-refractivity contribution is -0.138. The largest absolute Gasteiger partial charge is 0.490 e. The first-order chi connectivity index (χ1) is 12.5. The molecule has 0 unspecified atom stereocenters. The van der Waals surface area contributed by atoms with Gasteiger partial charge in [-0.2, -0.15) is 0 Å². The Hall–Kier alpha value is -2.57. The van der Waals surface area contributed by atoms with E-state index < -0.39 is 0 Å². The minimum atomic E-state index is -0.194. The van der Waals surface area contributed by atoms with E-state index in [2.05, 4.69) is 5.32 Å². The van der Waals surface area contributed by atoms with Crippen molar-refractivity contribution in [3.05, 3.63) is 23.8 Å². The monoisotopic (exact) mass is 362 g/mol. The second-order valence-corrected chi connectivity index (χ2v) is 5.94. The molecule has 7 nitrogen and oxygen atoms in total. The van der Waals surface area contributed by atoms with E-state index in [-0.39, 0.29) is 43.5 Å². The fourth-order valence-electron chi connectivity index (χ4n) is 2.77. The van der Waals surface area contributed by atoms with E-state index in [1.165, 1.54) is 4.90 Å². The van der Waals surface area contributed by atoms with Crippen molar-refractivity contribution in [2.45, 2.75) is 39.5 Å². The maximum absolute atomic E-state index is 11.9. The van der Waals surface area contributed by atoms with Crippen molar-refractivity contribution < 1.29 is 23.9 Å². The third kappa shape index (κ3) is 5.47. The highest BCUT2D eigenvalue weighted by Crippen LogP contribution is 2.28. The Bertz CT molecular complexity index is 643. The molecule has 1 aliphatic heterocycles. The molecule has 26 heavy (non-hydrogen) atoms. The van der Waals surface area contributed by atoms with E-state index in [4.69, 9.17) is 9.47 Å². The standard InChI is InChI=1S/C19H26N2O5/c1-3-25-15-6-5-14(13-16(15)26-4-2)9-11-20-17(22)10-12-21-18(23)7-8-19(21)24/h5-6,13H,3-4,7-12H2,1-2H3,(H,20,22). The molecule has 1 saturated heterocycles. The topological polar surface area (TPSA) is 84.9 Å². The molecule has 1 aromatic rings. The summed E-state index contributed by atoms with van der Waals surface area (Å²) in [6.45, 7) is 5.58. The van der Waals surface area contributed by atoms with Crippen molar-refractivity contribution in [2.24, 2.45) is 0 Å². The molecule has 0 aromatic heterocycles. The summed E-state index contributed by atoms with van der Waals surface area (Å²) in [5, 5.41) is 2.82. The van der Waals surface area contributed by atoms with Crippen LogP contribution in [0.4, 0.5) is 0 Å². The maximum atomic E-state index is 11.9. The van der Waals surface area contributed by atoms with Gasteiger partial charge >= 0.3 is 0 Å². The van der Waals surface area contributed by atoms with Crippen molar-refractivity contribution >= 4 is 17.7 Å². The average molecular weight is 362 g/mol. The number of benzene rings is 1. The number of imide groups is 1. The molecule has 0 aliphatic carbocycles. The first-order valence-corrected chi connectivity index (χ1v) is 9.03. The van der Waals surface area contributed by atoms with Gasteiger partial charge in [-0.1, -0.05) is 6.07 Å². The smallest absolute Gasteiger partial charge is 0.229 e. The highest BCUT2D eigenvalue weighted by Gasteiger charge is 2.28. The van der Waals surface area contributed by atoms with Crippen molar-refractivity contribution in [1.82, 2.24) is 10.2 Å². The third-order valence-corrected chi connectivity index (χ3v) is 4.06. The minimum absolute atomic E-state index is 0.130. The van der Waals surface area contributed by atoms with E-state index in [1.54, 1.807) is 0 Å². The first kappa shape index (κ1) is 19.8. The summed E-state index contributed by atoms with van der Waals surface area (Å²) in [6.07, 6.45) is 1.28. The van der Waals surface area contributed by atoms with Crippen LogP contribution >= 0.6 is 0 Å². The van der Waals surface area contributed by atoms with Gasteiger partial charge in [0, 0.05) is 32.4 Å². The van der Waals surface area contributed by atoms with E-state index >= 15 is 0 Å². The molecular weight excluding hydrogens is 336 g/mol. The Kier molecular flexibility index (Phi) is 7.44. The molecule has 1 aliphatic rings. The van der Waals surface area contributed by atoms with Gasteiger partial charge in [-0.15, -0.1) is 0 Å². The molecule has 0 bridgehead atoms. The highest BCUT2D eigenvalue weighted by atomic mass is 16.5. The number of nitrogens with one attached hydrogen (secondary N) is 1. The SMILES string of the molecule is CCOc1ccc(CCNC(=O)CCN2C(=O)CCC2=O)cc1OCC. The van der Waals surface area contributed by atoms with Gasteiger partial charge in [0.25, 0.3) is 0 Å². The maximum Gasteiger partial charge on any atom is 0.229 e. The van der Waals surface area contributed by atoms with Gasteiger partial charge in [0.05, 0.1) is 13.2 Å². The highest BCUT2D eigenvalue weighted by molar-refractivity contribution is 6.02. The fourth-order valence-corrected chi connectivity index (χ4v) is 2.77. The van der Waals surface area contributed by atoms with Crippen LogP contribution in [0.15, 0.2) is 18.2 Å². The van der Waals surface area contributed by atoms with Gasteiger partial charge in [0.2, 0.25) is 17.7 Å². The van der Waals surface area contributed by atoms with Crippen LogP contribution in [0.25, 0.3) is 0 Å². The summed E-state index contributed by atoms with van der Waals surface area (Å²) in [5.74, 6) is 0.848. The van der Waals surface area contributed by atoms with Crippen molar-refractivity contribution in [3.63, 3.8) is 0 Å². The molecule has 0 atom stereocenters. The second-order valence-electron chi connectivity index (χ2n) is 5.94. The minimum Gasteiger partial charge on any atom is -0.490 e. The number of ether oxygens (including phenoxy) is 2. The Morgan fingerprint density at radius 2 is 1.73 bits per heavy atom. The summed E-state index contributed by atoms with van der Waals surface area (Å²) in [7, 11) is 0. The summed E-state index contributed by atoms with van der Waals surface area (Å²) >= 11 is 0. The summed E-state index contributed by atoms with van der Waals surface area (Å²) < 4.78 is 11.1. The molecule has 1 N–H and O–H groups in total. The molecule has 142 valence electrons. The number of amides is 3. The van der Waals surface area contributed by atoms with Gasteiger partial charge in [-0.05, 0) is 38.0 Å². The molecular formula is C19H26N2O5. The lowest BCUT2D eigenvalue weighted by Gasteiger charge is -2.14. The number of likely N-dealkylation sites (tertiary alicyclic amines) is 1. The zero-order chi connectivity index (χ0) is 18.9. The lowest BCUT2D eigenvalue weighted by atomic mass is 10.1. The van der Waals surface area contributed by atoms with E-state index in [9.17, 15) is 14.4 Å². The molecule has 1 aromatic carbocycles. The van der Waals surface area contributed by atoms with Crippen LogP contribution in [0, 0.1) is 0 Å². The molecule has 2 rings (SSSR count). The molecule has 0 saturated carbocycles. The van der Waals surface area contributed by atoms with Gasteiger partial charge in [0.15, 0.2) is 11.5 Å². The molecule has 1 fully saturated rings. The zero-order valence-corrected chi connectivity index (χ0v) is 15.4. The van der Waals surface area contributed by atoms with Crippen LogP contribution in [0.3, 0.4) is 0 Å².